The van der Waals surface area contributed by atoms with E-state index >= 15 is 0 Å². The standard InChI is InChI=1S/C5H10O4.2CHNO/c1-5(2-6,3-7)4(8)9;2*2-1-3/h6-7H,2-3H2,1H3,(H,8,9);2*2H. The number of hydrogen-bond acceptors (Lipinski definition) is 7. The molecule has 0 radical (unpaired) electrons. The van der Waals surface area contributed by atoms with Crippen LogP contribution in [0.4, 0.5) is 0 Å². The Morgan fingerprint density at radius 2 is 1.40 bits per heavy atom. The van der Waals surface area contributed by atoms with Gasteiger partial charge in [0.25, 0.3) is 0 Å². The van der Waals surface area contributed by atoms with Crippen LogP contribution in [0.3, 0.4) is 0 Å². The van der Waals surface area contributed by atoms with E-state index in [0.717, 1.165) is 12.2 Å². The molecule has 0 aromatic rings. The average Bonchev–Trinajstić information content (AvgIpc) is 2.19. The summed E-state index contributed by atoms with van der Waals surface area (Å²) in [4.78, 5) is 26.9. The van der Waals surface area contributed by atoms with Crippen molar-refractivity contribution in [1.82, 2.24) is 0 Å². The van der Waals surface area contributed by atoms with Crippen LogP contribution in [0.15, 0.2) is 0 Å². The van der Waals surface area contributed by atoms with E-state index in [2.05, 4.69) is 0 Å². The summed E-state index contributed by atoms with van der Waals surface area (Å²) in [6, 6.07) is 0. The van der Waals surface area contributed by atoms with Crippen molar-refractivity contribution < 1.29 is 29.7 Å². The molecule has 0 amide bonds. The van der Waals surface area contributed by atoms with E-state index in [1.807, 2.05) is 0 Å². The van der Waals surface area contributed by atoms with Crippen molar-refractivity contribution in [3.8, 4) is 0 Å². The van der Waals surface area contributed by atoms with Crippen LogP contribution >= 0.6 is 0 Å². The van der Waals surface area contributed by atoms with E-state index in [9.17, 15) is 4.79 Å². The maximum absolute atomic E-state index is 10.2. The number of aliphatic hydroxyl groups is 2. The van der Waals surface area contributed by atoms with E-state index in [0.29, 0.717) is 0 Å². The van der Waals surface area contributed by atoms with Gasteiger partial charge in [-0.15, -0.1) is 0 Å². The number of carbonyl (C=O) groups excluding carboxylic acids is 2. The number of carboxylic acids is 1. The predicted molar refractivity (Wildman–Crippen MR) is 46.7 cm³/mol. The smallest absolute Gasteiger partial charge is 0.314 e. The normalized spacial score (nSPS) is 7.93. The summed E-state index contributed by atoms with van der Waals surface area (Å²) in [5, 5.41) is 35.9. The van der Waals surface area contributed by atoms with Crippen molar-refractivity contribution in [3.63, 3.8) is 0 Å². The van der Waals surface area contributed by atoms with Crippen LogP contribution in [0.25, 0.3) is 0 Å². The van der Waals surface area contributed by atoms with Gasteiger partial charge in [0.05, 0.1) is 13.2 Å². The fraction of sp³-hybridized carbons (Fsp3) is 0.571. The molecule has 8 nitrogen and oxygen atoms in total. The van der Waals surface area contributed by atoms with Gasteiger partial charge in [-0.3, -0.25) is 4.79 Å². The first-order chi connectivity index (χ1) is 6.89. The van der Waals surface area contributed by atoms with Crippen molar-refractivity contribution in [3.05, 3.63) is 0 Å². The van der Waals surface area contributed by atoms with Gasteiger partial charge < -0.3 is 15.3 Å². The molecule has 15 heavy (non-hydrogen) atoms. The second-order valence-electron chi connectivity index (χ2n) is 2.39. The van der Waals surface area contributed by atoms with E-state index in [-0.39, 0.29) is 0 Å². The molecule has 0 unspecified atom stereocenters. The number of aliphatic hydroxyl groups excluding tert-OH is 2. The van der Waals surface area contributed by atoms with Crippen molar-refractivity contribution in [2.75, 3.05) is 13.2 Å². The highest BCUT2D eigenvalue weighted by Gasteiger charge is 2.31. The molecule has 86 valence electrons. The third kappa shape index (κ3) is 12.1. The molecule has 0 spiro atoms. The summed E-state index contributed by atoms with van der Waals surface area (Å²) in [5.41, 5.74) is -1.39. The molecule has 0 aliphatic carbocycles. The number of carbonyl (C=O) groups is 1. The molecule has 0 aliphatic rings. The molecule has 0 bridgehead atoms. The topological polar surface area (TPSA) is 160 Å². The van der Waals surface area contributed by atoms with Gasteiger partial charge in [0.1, 0.15) is 5.41 Å². The Balaban J connectivity index is -0.000000200. The Kier molecular flexibility index (Phi) is 15.3. The Hall–Kier alpha value is -1.85. The highest BCUT2D eigenvalue weighted by atomic mass is 16.4. The molecular formula is C7H12N2O6. The van der Waals surface area contributed by atoms with Crippen molar-refractivity contribution in [2.45, 2.75) is 6.92 Å². The van der Waals surface area contributed by atoms with Gasteiger partial charge in [0.15, 0.2) is 0 Å². The minimum atomic E-state index is -1.39. The molecular weight excluding hydrogens is 208 g/mol. The number of carboxylic acid groups (broad SMARTS) is 1. The van der Waals surface area contributed by atoms with Crippen molar-refractivity contribution >= 4 is 18.1 Å². The molecule has 0 saturated carbocycles. The Morgan fingerprint density at radius 1 is 1.20 bits per heavy atom. The maximum atomic E-state index is 10.2. The number of isocyanates is 2. The fourth-order valence-electron chi connectivity index (χ4n) is 0.185. The molecule has 8 heteroatoms. The summed E-state index contributed by atoms with van der Waals surface area (Å²) in [6.07, 6.45) is 1.50. The SMILES string of the molecule is CC(CO)(CO)C(=O)O.N=C=O.N=C=O. The summed E-state index contributed by atoms with van der Waals surface area (Å²) >= 11 is 0. The second-order valence-corrected chi connectivity index (χ2v) is 2.39. The maximum Gasteiger partial charge on any atom is 0.314 e. The third-order valence-electron chi connectivity index (χ3n) is 1.21. The molecule has 0 fully saturated rings. The van der Waals surface area contributed by atoms with Crippen molar-refractivity contribution in [1.29, 1.82) is 10.8 Å². The summed E-state index contributed by atoms with van der Waals surface area (Å²) in [5.74, 6) is -1.19. The quantitative estimate of drug-likeness (QED) is 0.298. The minimum Gasteiger partial charge on any atom is -0.481 e. The fourth-order valence-corrected chi connectivity index (χ4v) is 0.185. The minimum absolute atomic E-state index is 0.543. The van der Waals surface area contributed by atoms with Crippen LogP contribution in [0.2, 0.25) is 0 Å². The summed E-state index contributed by atoms with van der Waals surface area (Å²) < 4.78 is 0. The summed E-state index contributed by atoms with van der Waals surface area (Å²) in [7, 11) is 0. The van der Waals surface area contributed by atoms with Gasteiger partial charge in [-0.25, -0.2) is 20.4 Å². The largest absolute Gasteiger partial charge is 0.481 e. The zero-order chi connectivity index (χ0) is 12.9. The highest BCUT2D eigenvalue weighted by molar-refractivity contribution is 5.74. The van der Waals surface area contributed by atoms with Crippen LogP contribution in [0, 0.1) is 16.2 Å². The second kappa shape index (κ2) is 12.2. The summed E-state index contributed by atoms with van der Waals surface area (Å²) in [6.45, 7) is 0.187. The van der Waals surface area contributed by atoms with E-state index < -0.39 is 24.6 Å². The molecule has 0 saturated heterocycles. The lowest BCUT2D eigenvalue weighted by Gasteiger charge is -2.17. The van der Waals surface area contributed by atoms with Crippen LogP contribution in [-0.2, 0) is 14.4 Å². The van der Waals surface area contributed by atoms with E-state index in [4.69, 9.17) is 35.7 Å². The van der Waals surface area contributed by atoms with Crippen LogP contribution in [0.1, 0.15) is 6.92 Å². The molecule has 0 aliphatic heterocycles. The molecule has 0 atom stereocenters. The van der Waals surface area contributed by atoms with Gasteiger partial charge in [-0.05, 0) is 6.92 Å². The van der Waals surface area contributed by atoms with Gasteiger partial charge in [-0.2, -0.15) is 0 Å². The Labute approximate surface area is 85.2 Å². The van der Waals surface area contributed by atoms with Crippen LogP contribution in [-0.4, -0.2) is 46.7 Å². The molecule has 0 heterocycles. The molecule has 0 aromatic carbocycles. The van der Waals surface area contributed by atoms with Crippen molar-refractivity contribution in [2.24, 2.45) is 5.41 Å². The van der Waals surface area contributed by atoms with Gasteiger partial charge in [-0.1, -0.05) is 0 Å². The van der Waals surface area contributed by atoms with Gasteiger partial charge in [0.2, 0.25) is 12.2 Å². The first-order valence-electron chi connectivity index (χ1n) is 3.43. The van der Waals surface area contributed by atoms with Crippen LogP contribution in [0.5, 0.6) is 0 Å². The first kappa shape index (κ1) is 18.8. The monoisotopic (exact) mass is 220 g/mol. The number of hydrogen-bond donors (Lipinski definition) is 5. The predicted octanol–water partition coefficient (Wildman–Crippen LogP) is -1.14. The van der Waals surface area contributed by atoms with Crippen LogP contribution < -0.4 is 0 Å². The number of aliphatic carboxylic acids is 1. The first-order valence-corrected chi connectivity index (χ1v) is 3.43. The highest BCUT2D eigenvalue weighted by Crippen LogP contribution is 2.12. The number of nitrogens with one attached hydrogen (secondary N) is 2. The van der Waals surface area contributed by atoms with Gasteiger partial charge >= 0.3 is 5.97 Å². The number of rotatable bonds is 3. The zero-order valence-electron chi connectivity index (χ0n) is 7.98. The van der Waals surface area contributed by atoms with E-state index in [1.54, 1.807) is 0 Å². The molecule has 0 rings (SSSR count). The lowest BCUT2D eigenvalue weighted by Crippen LogP contribution is -2.35. The third-order valence-corrected chi connectivity index (χ3v) is 1.21. The molecule has 0 aromatic heterocycles. The lowest BCUT2D eigenvalue weighted by atomic mass is 9.94. The van der Waals surface area contributed by atoms with Gasteiger partial charge in [0, 0.05) is 0 Å². The van der Waals surface area contributed by atoms with E-state index in [1.165, 1.54) is 6.92 Å². The molecule has 5 N–H and O–H groups in total. The Morgan fingerprint density at radius 3 is 1.40 bits per heavy atom. The Bertz CT molecular complexity index is 224. The lowest BCUT2D eigenvalue weighted by molar-refractivity contribution is -0.152. The average molecular weight is 220 g/mol. The zero-order valence-corrected chi connectivity index (χ0v) is 7.98.